The first-order valence-electron chi connectivity index (χ1n) is 5.91. The summed E-state index contributed by atoms with van der Waals surface area (Å²) >= 11 is 8.68. The van der Waals surface area contributed by atoms with Crippen molar-refractivity contribution in [3.63, 3.8) is 0 Å². The van der Waals surface area contributed by atoms with E-state index in [0.717, 1.165) is 27.0 Å². The van der Waals surface area contributed by atoms with E-state index in [1.165, 1.54) is 5.56 Å². The normalized spacial score (nSPS) is 10.3. The summed E-state index contributed by atoms with van der Waals surface area (Å²) in [4.78, 5) is 0.395. The molecule has 0 atom stereocenters. The molecule has 0 aliphatic heterocycles. The fraction of sp³-hybridized carbons (Fsp3) is 0.133. The minimum Gasteiger partial charge on any atom is -0.389 e. The zero-order valence-electron chi connectivity index (χ0n) is 10.8. The SMILES string of the molecule is Cc1ccc(C(N)=S)c(Nc2cccc(C)c2Br)c1. The van der Waals surface area contributed by atoms with Crippen molar-refractivity contribution in [3.05, 3.63) is 57.6 Å². The maximum atomic E-state index is 5.77. The van der Waals surface area contributed by atoms with Crippen LogP contribution in [0.2, 0.25) is 0 Å². The van der Waals surface area contributed by atoms with Crippen molar-refractivity contribution in [2.75, 3.05) is 5.32 Å². The molecule has 2 aromatic carbocycles. The number of anilines is 2. The van der Waals surface area contributed by atoms with E-state index in [4.69, 9.17) is 18.0 Å². The second-order valence-corrected chi connectivity index (χ2v) is 5.71. The van der Waals surface area contributed by atoms with Crippen LogP contribution in [0.25, 0.3) is 0 Å². The van der Waals surface area contributed by atoms with Crippen LogP contribution in [0.3, 0.4) is 0 Å². The molecular weight excluding hydrogens is 320 g/mol. The number of nitrogens with two attached hydrogens (primary N) is 1. The van der Waals surface area contributed by atoms with E-state index in [1.54, 1.807) is 0 Å². The number of nitrogens with one attached hydrogen (secondary N) is 1. The highest BCUT2D eigenvalue weighted by atomic mass is 79.9. The van der Waals surface area contributed by atoms with Crippen LogP contribution in [0, 0.1) is 13.8 Å². The molecule has 0 amide bonds. The molecular formula is C15H15BrN2S. The third-order valence-electron chi connectivity index (χ3n) is 2.90. The molecule has 4 heteroatoms. The fourth-order valence-electron chi connectivity index (χ4n) is 1.87. The predicted molar refractivity (Wildman–Crippen MR) is 89.2 cm³/mol. The van der Waals surface area contributed by atoms with Gasteiger partial charge in [0.15, 0.2) is 0 Å². The highest BCUT2D eigenvalue weighted by Crippen LogP contribution is 2.30. The Morgan fingerprint density at radius 1 is 1.16 bits per heavy atom. The van der Waals surface area contributed by atoms with E-state index in [0.29, 0.717) is 4.99 Å². The maximum absolute atomic E-state index is 5.77. The zero-order chi connectivity index (χ0) is 14.0. The van der Waals surface area contributed by atoms with Gasteiger partial charge in [-0.1, -0.05) is 30.4 Å². The molecule has 0 fully saturated rings. The summed E-state index contributed by atoms with van der Waals surface area (Å²) in [5, 5.41) is 3.39. The van der Waals surface area contributed by atoms with Gasteiger partial charge in [0, 0.05) is 15.7 Å². The number of halogens is 1. The second-order valence-electron chi connectivity index (χ2n) is 4.47. The zero-order valence-corrected chi connectivity index (χ0v) is 13.2. The van der Waals surface area contributed by atoms with Crippen LogP contribution in [-0.2, 0) is 0 Å². The number of thiocarbonyl (C=S) groups is 1. The first kappa shape index (κ1) is 14.0. The van der Waals surface area contributed by atoms with Gasteiger partial charge in [0.1, 0.15) is 4.99 Å². The van der Waals surface area contributed by atoms with Crippen molar-refractivity contribution in [1.82, 2.24) is 0 Å². The topological polar surface area (TPSA) is 38.0 Å². The van der Waals surface area contributed by atoms with Gasteiger partial charge in [-0.25, -0.2) is 0 Å². The van der Waals surface area contributed by atoms with Crippen LogP contribution < -0.4 is 11.1 Å². The van der Waals surface area contributed by atoms with E-state index in [2.05, 4.69) is 34.2 Å². The predicted octanol–water partition coefficient (Wildman–Crippen LogP) is 4.44. The first-order valence-corrected chi connectivity index (χ1v) is 7.12. The largest absolute Gasteiger partial charge is 0.389 e. The third-order valence-corrected chi connectivity index (χ3v) is 4.17. The lowest BCUT2D eigenvalue weighted by Gasteiger charge is -2.14. The lowest BCUT2D eigenvalue weighted by atomic mass is 10.1. The van der Waals surface area contributed by atoms with Gasteiger partial charge in [-0.15, -0.1) is 0 Å². The average molecular weight is 335 g/mol. The second kappa shape index (κ2) is 5.72. The van der Waals surface area contributed by atoms with Gasteiger partial charge in [0.2, 0.25) is 0 Å². The molecule has 19 heavy (non-hydrogen) atoms. The summed E-state index contributed by atoms with van der Waals surface area (Å²) in [6.07, 6.45) is 0. The Kier molecular flexibility index (Phi) is 4.22. The van der Waals surface area contributed by atoms with Gasteiger partial charge >= 0.3 is 0 Å². The van der Waals surface area contributed by atoms with Gasteiger partial charge < -0.3 is 11.1 Å². The lowest BCUT2D eigenvalue weighted by molar-refractivity contribution is 1.39. The summed E-state index contributed by atoms with van der Waals surface area (Å²) < 4.78 is 1.05. The lowest BCUT2D eigenvalue weighted by Crippen LogP contribution is -2.12. The highest BCUT2D eigenvalue weighted by molar-refractivity contribution is 9.10. The minimum absolute atomic E-state index is 0.395. The van der Waals surface area contributed by atoms with Gasteiger partial charge in [-0.2, -0.15) is 0 Å². The number of benzene rings is 2. The van der Waals surface area contributed by atoms with Crippen LogP contribution in [0.4, 0.5) is 11.4 Å². The molecule has 0 spiro atoms. The van der Waals surface area contributed by atoms with E-state index in [-0.39, 0.29) is 0 Å². The number of rotatable bonds is 3. The van der Waals surface area contributed by atoms with E-state index in [9.17, 15) is 0 Å². The van der Waals surface area contributed by atoms with Gasteiger partial charge in [-0.05, 0) is 59.1 Å². The molecule has 3 N–H and O–H groups in total. The van der Waals surface area contributed by atoms with Gasteiger partial charge in [0.05, 0.1) is 5.69 Å². The number of aryl methyl sites for hydroxylation is 2. The van der Waals surface area contributed by atoms with Crippen LogP contribution in [0.15, 0.2) is 40.9 Å². The van der Waals surface area contributed by atoms with Crippen molar-refractivity contribution in [2.45, 2.75) is 13.8 Å². The van der Waals surface area contributed by atoms with Crippen LogP contribution in [0.1, 0.15) is 16.7 Å². The first-order chi connectivity index (χ1) is 8.99. The smallest absolute Gasteiger partial charge is 0.106 e. The molecule has 2 aromatic rings. The molecule has 2 rings (SSSR count). The Morgan fingerprint density at radius 2 is 1.89 bits per heavy atom. The van der Waals surface area contributed by atoms with Crippen molar-refractivity contribution in [3.8, 4) is 0 Å². The van der Waals surface area contributed by atoms with Crippen molar-refractivity contribution in [2.24, 2.45) is 5.73 Å². The molecule has 2 nitrogen and oxygen atoms in total. The maximum Gasteiger partial charge on any atom is 0.106 e. The van der Waals surface area contributed by atoms with Crippen molar-refractivity contribution < 1.29 is 0 Å². The summed E-state index contributed by atoms with van der Waals surface area (Å²) in [6, 6.07) is 12.1. The Balaban J connectivity index is 2.45. The molecule has 0 aliphatic rings. The van der Waals surface area contributed by atoms with Crippen molar-refractivity contribution >= 4 is 44.5 Å². The summed E-state index contributed by atoms with van der Waals surface area (Å²) in [5.74, 6) is 0. The quantitative estimate of drug-likeness (QED) is 0.814. The molecule has 0 heterocycles. The standard InChI is InChI=1S/C15H15BrN2S/c1-9-6-7-11(15(17)19)13(8-9)18-12-5-3-4-10(2)14(12)16/h3-8,18H,1-2H3,(H2,17,19). The molecule has 0 aliphatic carbocycles. The Labute approximate surface area is 127 Å². The molecule has 0 aromatic heterocycles. The monoisotopic (exact) mass is 334 g/mol. The average Bonchev–Trinajstić information content (AvgIpc) is 2.35. The van der Waals surface area contributed by atoms with Crippen molar-refractivity contribution in [1.29, 1.82) is 0 Å². The Morgan fingerprint density at radius 3 is 2.58 bits per heavy atom. The summed E-state index contributed by atoms with van der Waals surface area (Å²) in [6.45, 7) is 4.10. The van der Waals surface area contributed by atoms with Gasteiger partial charge in [0.25, 0.3) is 0 Å². The fourth-order valence-corrected chi connectivity index (χ4v) is 2.41. The number of hydrogen-bond acceptors (Lipinski definition) is 2. The molecule has 0 unspecified atom stereocenters. The summed E-state index contributed by atoms with van der Waals surface area (Å²) in [7, 11) is 0. The summed E-state index contributed by atoms with van der Waals surface area (Å²) in [5.41, 5.74) is 10.9. The molecule has 98 valence electrons. The van der Waals surface area contributed by atoms with E-state index >= 15 is 0 Å². The molecule has 0 bridgehead atoms. The van der Waals surface area contributed by atoms with Crippen LogP contribution >= 0.6 is 28.1 Å². The molecule has 0 saturated carbocycles. The van der Waals surface area contributed by atoms with Crippen LogP contribution in [0.5, 0.6) is 0 Å². The molecule has 0 radical (unpaired) electrons. The Hall–Kier alpha value is -1.39. The number of hydrogen-bond donors (Lipinski definition) is 2. The van der Waals surface area contributed by atoms with E-state index in [1.807, 2.05) is 37.3 Å². The van der Waals surface area contributed by atoms with E-state index < -0.39 is 0 Å². The third kappa shape index (κ3) is 3.14. The molecule has 0 saturated heterocycles. The van der Waals surface area contributed by atoms with Crippen LogP contribution in [-0.4, -0.2) is 4.99 Å². The Bertz CT molecular complexity index is 638. The van der Waals surface area contributed by atoms with Gasteiger partial charge in [-0.3, -0.25) is 0 Å². The highest BCUT2D eigenvalue weighted by Gasteiger charge is 2.08. The minimum atomic E-state index is 0.395.